The Bertz CT molecular complexity index is 207. The third-order valence-corrected chi connectivity index (χ3v) is 1.16. The molecular weight excluding hydrogens is 216 g/mol. The maximum Gasteiger partial charge on any atom is 0.303 e. The smallest absolute Gasteiger partial charge is 0.303 e. The Morgan fingerprint density at radius 1 is 1.00 bits per heavy atom. The number of hydrogen-bond donors (Lipinski definition) is 1. The van der Waals surface area contributed by atoms with Gasteiger partial charge in [0.15, 0.2) is 0 Å². The van der Waals surface area contributed by atoms with Crippen molar-refractivity contribution < 1.29 is 29.0 Å². The van der Waals surface area contributed by atoms with E-state index in [-0.39, 0.29) is 25.2 Å². The number of carbonyl (C=O) groups excluding carboxylic acids is 2. The van der Waals surface area contributed by atoms with E-state index in [0.29, 0.717) is 6.42 Å². The van der Waals surface area contributed by atoms with Gasteiger partial charge in [0.1, 0.15) is 13.2 Å². The van der Waals surface area contributed by atoms with E-state index in [0.717, 1.165) is 6.42 Å². The van der Waals surface area contributed by atoms with Gasteiger partial charge in [0.25, 0.3) is 0 Å². The van der Waals surface area contributed by atoms with Crippen molar-refractivity contribution in [3.63, 3.8) is 0 Å². The van der Waals surface area contributed by atoms with E-state index in [1.165, 1.54) is 13.8 Å². The van der Waals surface area contributed by atoms with E-state index >= 15 is 0 Å². The number of hydrogen-bond acceptors (Lipinski definition) is 5. The summed E-state index contributed by atoms with van der Waals surface area (Å²) in [6.45, 7) is 4.71. The summed E-state index contributed by atoms with van der Waals surface area (Å²) < 4.78 is 8.95. The third-order valence-electron chi connectivity index (χ3n) is 1.16. The quantitative estimate of drug-likeness (QED) is 0.563. The van der Waals surface area contributed by atoms with Crippen molar-refractivity contribution in [2.45, 2.75) is 33.6 Å². The van der Waals surface area contributed by atoms with Crippen LogP contribution in [-0.4, -0.2) is 36.2 Å². The molecule has 0 unspecified atom stereocenters. The van der Waals surface area contributed by atoms with Crippen molar-refractivity contribution in [1.82, 2.24) is 0 Å². The fourth-order valence-electron chi connectivity index (χ4n) is 0.585. The van der Waals surface area contributed by atoms with Crippen LogP contribution in [0.5, 0.6) is 0 Å². The Balaban J connectivity index is 0. The molecule has 0 heterocycles. The summed E-state index contributed by atoms with van der Waals surface area (Å²) in [7, 11) is 0. The molecule has 6 heteroatoms. The second-order valence-electron chi connectivity index (χ2n) is 2.82. The molecule has 0 radical (unpaired) electrons. The lowest BCUT2D eigenvalue weighted by atomic mass is 10.4. The minimum atomic E-state index is -0.711. The number of carboxylic acids is 1. The predicted molar refractivity (Wildman–Crippen MR) is 55.8 cm³/mol. The topological polar surface area (TPSA) is 89.9 Å². The zero-order valence-electron chi connectivity index (χ0n) is 9.82. The molecule has 0 spiro atoms. The van der Waals surface area contributed by atoms with Crippen molar-refractivity contribution in [2.24, 2.45) is 0 Å². The van der Waals surface area contributed by atoms with Crippen molar-refractivity contribution >= 4 is 17.9 Å². The van der Waals surface area contributed by atoms with E-state index in [2.05, 4.69) is 9.47 Å². The summed E-state index contributed by atoms with van der Waals surface area (Å²) in [6, 6.07) is 0. The SMILES string of the molecule is CC(=O)OCCOC(C)=O.CCCC(=O)O. The van der Waals surface area contributed by atoms with Crippen LogP contribution in [0.2, 0.25) is 0 Å². The molecule has 0 atom stereocenters. The molecule has 0 fully saturated rings. The van der Waals surface area contributed by atoms with E-state index in [1.54, 1.807) is 0 Å². The number of rotatable bonds is 5. The molecule has 94 valence electrons. The molecular formula is C10H18O6. The molecule has 0 aromatic heterocycles. The Hall–Kier alpha value is -1.59. The second-order valence-corrected chi connectivity index (χ2v) is 2.82. The van der Waals surface area contributed by atoms with Crippen molar-refractivity contribution in [3.8, 4) is 0 Å². The van der Waals surface area contributed by atoms with Gasteiger partial charge in [-0.1, -0.05) is 6.92 Å². The Kier molecular flexibility index (Phi) is 12.1. The van der Waals surface area contributed by atoms with Gasteiger partial charge in [-0.25, -0.2) is 0 Å². The molecule has 0 aliphatic carbocycles. The van der Waals surface area contributed by atoms with Crippen molar-refractivity contribution in [3.05, 3.63) is 0 Å². The van der Waals surface area contributed by atoms with Gasteiger partial charge in [-0.15, -0.1) is 0 Å². The molecule has 6 nitrogen and oxygen atoms in total. The van der Waals surface area contributed by atoms with Gasteiger partial charge in [-0.05, 0) is 6.42 Å². The Morgan fingerprint density at radius 3 is 1.50 bits per heavy atom. The fourth-order valence-corrected chi connectivity index (χ4v) is 0.585. The third kappa shape index (κ3) is 22.8. The number of esters is 2. The molecule has 0 aromatic carbocycles. The van der Waals surface area contributed by atoms with Crippen LogP contribution in [0.1, 0.15) is 33.6 Å². The first-order valence-corrected chi connectivity index (χ1v) is 4.88. The van der Waals surface area contributed by atoms with E-state index in [4.69, 9.17) is 5.11 Å². The van der Waals surface area contributed by atoms with Crippen LogP contribution < -0.4 is 0 Å². The van der Waals surface area contributed by atoms with Crippen LogP contribution in [0, 0.1) is 0 Å². The molecule has 1 N–H and O–H groups in total. The lowest BCUT2D eigenvalue weighted by Gasteiger charge is -2.00. The molecule has 0 aromatic rings. The van der Waals surface area contributed by atoms with Crippen molar-refractivity contribution in [1.29, 1.82) is 0 Å². The average Bonchev–Trinajstić information content (AvgIpc) is 2.12. The number of carboxylic acid groups (broad SMARTS) is 1. The first-order valence-electron chi connectivity index (χ1n) is 4.88. The zero-order valence-corrected chi connectivity index (χ0v) is 9.82. The standard InChI is InChI=1S/C6H10O4.C4H8O2/c1-5(7)9-3-4-10-6(2)8;1-2-3-4(5)6/h3-4H2,1-2H3;2-3H2,1H3,(H,5,6). The summed E-state index contributed by atoms with van der Waals surface area (Å²) in [4.78, 5) is 29.9. The lowest BCUT2D eigenvalue weighted by Crippen LogP contribution is -2.09. The Morgan fingerprint density at radius 2 is 1.38 bits per heavy atom. The van der Waals surface area contributed by atoms with Gasteiger partial charge in [0.05, 0.1) is 0 Å². The molecule has 0 amide bonds. The van der Waals surface area contributed by atoms with E-state index < -0.39 is 5.97 Å². The van der Waals surface area contributed by atoms with Crippen LogP contribution in [-0.2, 0) is 23.9 Å². The lowest BCUT2D eigenvalue weighted by molar-refractivity contribution is -0.149. The Labute approximate surface area is 94.5 Å². The second kappa shape index (κ2) is 11.5. The summed E-state index contributed by atoms with van der Waals surface area (Å²) in [6.07, 6.45) is 1.02. The maximum atomic E-state index is 10.1. The van der Waals surface area contributed by atoms with Crippen LogP contribution in [0.4, 0.5) is 0 Å². The van der Waals surface area contributed by atoms with Crippen LogP contribution in [0.3, 0.4) is 0 Å². The van der Waals surface area contributed by atoms with E-state index in [1.807, 2.05) is 6.92 Å². The molecule has 0 aliphatic heterocycles. The number of ether oxygens (including phenoxy) is 2. The zero-order chi connectivity index (χ0) is 13.0. The average molecular weight is 234 g/mol. The predicted octanol–water partition coefficient (Wildman–Crippen LogP) is 0.984. The summed E-state index contributed by atoms with van der Waals surface area (Å²) in [5.74, 6) is -1.45. The van der Waals surface area contributed by atoms with Gasteiger partial charge in [0, 0.05) is 20.3 Å². The highest BCUT2D eigenvalue weighted by Crippen LogP contribution is 1.82. The summed E-state index contributed by atoms with van der Waals surface area (Å²) >= 11 is 0. The van der Waals surface area contributed by atoms with Crippen LogP contribution in [0.25, 0.3) is 0 Å². The van der Waals surface area contributed by atoms with Gasteiger partial charge < -0.3 is 14.6 Å². The van der Waals surface area contributed by atoms with Gasteiger partial charge >= 0.3 is 17.9 Å². The molecule has 0 rings (SSSR count). The number of aliphatic carboxylic acids is 1. The van der Waals surface area contributed by atoms with Gasteiger partial charge in [-0.3, -0.25) is 14.4 Å². The molecule has 0 bridgehead atoms. The van der Waals surface area contributed by atoms with E-state index in [9.17, 15) is 14.4 Å². The maximum absolute atomic E-state index is 10.1. The van der Waals surface area contributed by atoms with Gasteiger partial charge in [0.2, 0.25) is 0 Å². The van der Waals surface area contributed by atoms with Crippen LogP contribution >= 0.6 is 0 Å². The summed E-state index contributed by atoms with van der Waals surface area (Å²) in [5, 5.41) is 7.91. The normalized spacial score (nSPS) is 8.44. The van der Waals surface area contributed by atoms with Crippen LogP contribution in [0.15, 0.2) is 0 Å². The minimum absolute atomic E-state index is 0.134. The minimum Gasteiger partial charge on any atom is -0.481 e. The monoisotopic (exact) mass is 234 g/mol. The first-order chi connectivity index (χ1) is 7.40. The first kappa shape index (κ1) is 16.8. The molecule has 16 heavy (non-hydrogen) atoms. The molecule has 0 saturated heterocycles. The highest BCUT2D eigenvalue weighted by atomic mass is 16.6. The summed E-state index contributed by atoms with van der Waals surface area (Å²) in [5.41, 5.74) is 0. The number of carbonyl (C=O) groups is 3. The highest BCUT2D eigenvalue weighted by molar-refractivity contribution is 5.67. The molecule has 0 aliphatic rings. The largest absolute Gasteiger partial charge is 0.481 e. The fraction of sp³-hybridized carbons (Fsp3) is 0.700. The van der Waals surface area contributed by atoms with Gasteiger partial charge in [-0.2, -0.15) is 0 Å². The van der Waals surface area contributed by atoms with Crippen molar-refractivity contribution in [2.75, 3.05) is 13.2 Å². The highest BCUT2D eigenvalue weighted by Gasteiger charge is 1.94. The molecule has 0 saturated carbocycles.